The Morgan fingerprint density at radius 1 is 1.19 bits per heavy atom. The second-order valence-corrected chi connectivity index (χ2v) is 6.60. The Morgan fingerprint density at radius 3 is 2.58 bits per heavy atom. The summed E-state index contributed by atoms with van der Waals surface area (Å²) in [7, 11) is 0. The third kappa shape index (κ3) is 6.21. The molecule has 1 aromatic carbocycles. The average Bonchev–Trinajstić information content (AvgIpc) is 3.06. The third-order valence-corrected chi connectivity index (χ3v) is 4.59. The lowest BCUT2D eigenvalue weighted by Gasteiger charge is -2.18. The molecule has 1 aromatic heterocycles. The Hall–Kier alpha value is -2.30. The van der Waals surface area contributed by atoms with Crippen LogP contribution in [-0.4, -0.2) is 28.6 Å². The predicted octanol–water partition coefficient (Wildman–Crippen LogP) is 3.85. The molecule has 0 saturated carbocycles. The molecule has 0 aliphatic rings. The summed E-state index contributed by atoms with van der Waals surface area (Å²) < 4.78 is 2.19. The molecule has 0 saturated heterocycles. The van der Waals surface area contributed by atoms with Crippen molar-refractivity contribution in [2.75, 3.05) is 13.1 Å². The standard InChI is InChI=1S/C21H33N5/c1-5-19-9-11-20(12-10-19)17(3)25-21(22-6-2)24-13-7-8-15-26-16-14-23-18(26)4/h9-12,14,16-17H,5-8,13,15H2,1-4H3,(H2,22,24,25). The Labute approximate surface area is 158 Å². The van der Waals surface area contributed by atoms with Gasteiger partial charge < -0.3 is 15.2 Å². The van der Waals surface area contributed by atoms with E-state index in [1.54, 1.807) is 0 Å². The first-order chi connectivity index (χ1) is 12.6. The van der Waals surface area contributed by atoms with Crippen LogP contribution in [0.15, 0.2) is 41.7 Å². The van der Waals surface area contributed by atoms with Crippen molar-refractivity contribution in [1.29, 1.82) is 0 Å². The van der Waals surface area contributed by atoms with Gasteiger partial charge in [-0.05, 0) is 51.2 Å². The van der Waals surface area contributed by atoms with Gasteiger partial charge in [0.15, 0.2) is 5.96 Å². The molecule has 5 heteroatoms. The van der Waals surface area contributed by atoms with E-state index in [9.17, 15) is 0 Å². The lowest BCUT2D eigenvalue weighted by molar-refractivity contribution is 0.599. The maximum absolute atomic E-state index is 4.72. The van der Waals surface area contributed by atoms with Gasteiger partial charge in [-0.15, -0.1) is 0 Å². The summed E-state index contributed by atoms with van der Waals surface area (Å²) in [5.41, 5.74) is 2.65. The summed E-state index contributed by atoms with van der Waals surface area (Å²) in [4.78, 5) is 8.98. The number of aryl methyl sites for hydroxylation is 3. The maximum Gasteiger partial charge on any atom is 0.191 e. The largest absolute Gasteiger partial charge is 0.357 e. The molecule has 0 bridgehead atoms. The zero-order valence-corrected chi connectivity index (χ0v) is 16.6. The number of guanidine groups is 1. The molecule has 2 N–H and O–H groups in total. The molecule has 1 unspecified atom stereocenters. The molecule has 0 spiro atoms. The molecule has 0 aliphatic carbocycles. The van der Waals surface area contributed by atoms with E-state index in [-0.39, 0.29) is 6.04 Å². The van der Waals surface area contributed by atoms with Crippen LogP contribution >= 0.6 is 0 Å². The van der Waals surface area contributed by atoms with E-state index >= 15 is 0 Å². The van der Waals surface area contributed by atoms with E-state index in [2.05, 4.69) is 65.2 Å². The highest BCUT2D eigenvalue weighted by Gasteiger charge is 2.07. The molecule has 0 fully saturated rings. The van der Waals surface area contributed by atoms with E-state index < -0.39 is 0 Å². The Morgan fingerprint density at radius 2 is 1.96 bits per heavy atom. The van der Waals surface area contributed by atoms with Crippen molar-refractivity contribution in [2.24, 2.45) is 4.99 Å². The number of benzene rings is 1. The molecule has 0 radical (unpaired) electrons. The van der Waals surface area contributed by atoms with E-state index in [0.29, 0.717) is 0 Å². The lowest BCUT2D eigenvalue weighted by Crippen LogP contribution is -2.38. The molecule has 0 aliphatic heterocycles. The van der Waals surface area contributed by atoms with Crippen LogP contribution in [0.5, 0.6) is 0 Å². The summed E-state index contributed by atoms with van der Waals surface area (Å²) in [5.74, 6) is 1.96. The van der Waals surface area contributed by atoms with Crippen LogP contribution in [0.1, 0.15) is 56.6 Å². The minimum atomic E-state index is 0.229. The summed E-state index contributed by atoms with van der Waals surface area (Å²) in [6.45, 7) is 11.2. The van der Waals surface area contributed by atoms with Crippen molar-refractivity contribution in [3.05, 3.63) is 53.6 Å². The van der Waals surface area contributed by atoms with Crippen LogP contribution in [-0.2, 0) is 13.0 Å². The van der Waals surface area contributed by atoms with Crippen LogP contribution in [0.3, 0.4) is 0 Å². The zero-order valence-electron chi connectivity index (χ0n) is 16.6. The molecule has 2 aromatic rings. The fourth-order valence-electron chi connectivity index (χ4n) is 2.88. The minimum Gasteiger partial charge on any atom is -0.357 e. The van der Waals surface area contributed by atoms with Gasteiger partial charge in [-0.2, -0.15) is 0 Å². The van der Waals surface area contributed by atoms with E-state index in [1.165, 1.54) is 11.1 Å². The SMILES string of the molecule is CCNC(=NCCCCn1ccnc1C)NC(C)c1ccc(CC)cc1. The number of hydrogen-bond acceptors (Lipinski definition) is 2. The van der Waals surface area contributed by atoms with Crippen LogP contribution < -0.4 is 10.6 Å². The molecular weight excluding hydrogens is 322 g/mol. The van der Waals surface area contributed by atoms with Crippen LogP contribution in [0, 0.1) is 6.92 Å². The number of aromatic nitrogens is 2. The Balaban J connectivity index is 1.81. The predicted molar refractivity (Wildman–Crippen MR) is 110 cm³/mol. The van der Waals surface area contributed by atoms with Crippen molar-refractivity contribution >= 4 is 5.96 Å². The minimum absolute atomic E-state index is 0.229. The van der Waals surface area contributed by atoms with Gasteiger partial charge in [0.05, 0.1) is 6.04 Å². The molecule has 26 heavy (non-hydrogen) atoms. The molecule has 2 rings (SSSR count). The second kappa shape index (κ2) is 10.6. The normalized spacial score (nSPS) is 12.8. The quantitative estimate of drug-likeness (QED) is 0.408. The van der Waals surface area contributed by atoms with Crippen LogP contribution in [0.4, 0.5) is 0 Å². The number of rotatable bonds is 9. The molecule has 5 nitrogen and oxygen atoms in total. The summed E-state index contributed by atoms with van der Waals surface area (Å²) in [5, 5.41) is 6.85. The molecule has 0 amide bonds. The summed E-state index contributed by atoms with van der Waals surface area (Å²) in [6.07, 6.45) is 7.14. The molecule has 1 heterocycles. The van der Waals surface area contributed by atoms with E-state index in [0.717, 1.165) is 50.7 Å². The van der Waals surface area contributed by atoms with Gasteiger partial charge >= 0.3 is 0 Å². The average molecular weight is 356 g/mol. The number of hydrogen-bond donors (Lipinski definition) is 2. The van der Waals surface area contributed by atoms with Gasteiger partial charge in [-0.25, -0.2) is 4.98 Å². The molecule has 1 atom stereocenters. The molecular formula is C21H33N5. The first kappa shape index (κ1) is 20.0. The van der Waals surface area contributed by atoms with Gasteiger partial charge in [-0.1, -0.05) is 31.2 Å². The second-order valence-electron chi connectivity index (χ2n) is 6.60. The van der Waals surface area contributed by atoms with Crippen LogP contribution in [0.2, 0.25) is 0 Å². The van der Waals surface area contributed by atoms with Crippen LogP contribution in [0.25, 0.3) is 0 Å². The van der Waals surface area contributed by atoms with Gasteiger partial charge in [0.1, 0.15) is 5.82 Å². The third-order valence-electron chi connectivity index (χ3n) is 4.59. The smallest absolute Gasteiger partial charge is 0.191 e. The van der Waals surface area contributed by atoms with Crippen molar-refractivity contribution in [3.63, 3.8) is 0 Å². The zero-order chi connectivity index (χ0) is 18.8. The number of nitrogens with one attached hydrogen (secondary N) is 2. The number of unbranched alkanes of at least 4 members (excludes halogenated alkanes) is 1. The topological polar surface area (TPSA) is 54.2 Å². The highest BCUT2D eigenvalue weighted by molar-refractivity contribution is 5.80. The summed E-state index contributed by atoms with van der Waals surface area (Å²) in [6, 6.07) is 9.04. The fraction of sp³-hybridized carbons (Fsp3) is 0.524. The van der Waals surface area contributed by atoms with Crippen molar-refractivity contribution in [2.45, 2.75) is 59.5 Å². The number of imidazole rings is 1. The summed E-state index contributed by atoms with van der Waals surface area (Å²) >= 11 is 0. The van der Waals surface area contributed by atoms with Gasteiger partial charge in [0.25, 0.3) is 0 Å². The Kier molecular flexibility index (Phi) is 8.19. The molecule has 142 valence electrons. The van der Waals surface area contributed by atoms with Gasteiger partial charge in [0.2, 0.25) is 0 Å². The van der Waals surface area contributed by atoms with Crippen molar-refractivity contribution in [3.8, 4) is 0 Å². The highest BCUT2D eigenvalue weighted by Crippen LogP contribution is 2.13. The lowest BCUT2D eigenvalue weighted by atomic mass is 10.1. The maximum atomic E-state index is 4.72. The Bertz CT molecular complexity index is 672. The van der Waals surface area contributed by atoms with Crippen molar-refractivity contribution in [1.82, 2.24) is 20.2 Å². The van der Waals surface area contributed by atoms with Gasteiger partial charge in [-0.3, -0.25) is 4.99 Å². The monoisotopic (exact) mass is 355 g/mol. The van der Waals surface area contributed by atoms with Gasteiger partial charge in [0, 0.05) is 32.0 Å². The fourth-order valence-corrected chi connectivity index (χ4v) is 2.88. The first-order valence-electron chi connectivity index (χ1n) is 9.75. The first-order valence-corrected chi connectivity index (χ1v) is 9.75. The van der Waals surface area contributed by atoms with E-state index in [4.69, 9.17) is 4.99 Å². The highest BCUT2D eigenvalue weighted by atomic mass is 15.2. The number of nitrogens with zero attached hydrogens (tertiary/aromatic N) is 3. The number of aliphatic imine (C=N–C) groups is 1. The van der Waals surface area contributed by atoms with Crippen molar-refractivity contribution < 1.29 is 0 Å². The van der Waals surface area contributed by atoms with E-state index in [1.807, 2.05) is 19.3 Å².